The summed E-state index contributed by atoms with van der Waals surface area (Å²) in [6.07, 6.45) is 5.02. The van der Waals surface area contributed by atoms with Gasteiger partial charge in [-0.15, -0.1) is 0 Å². The van der Waals surface area contributed by atoms with Crippen molar-refractivity contribution in [3.63, 3.8) is 0 Å². The van der Waals surface area contributed by atoms with Gasteiger partial charge < -0.3 is 15.5 Å². The Bertz CT molecular complexity index is 389. The molecule has 20 heavy (non-hydrogen) atoms. The normalized spacial score (nSPS) is 10.6. The van der Waals surface area contributed by atoms with Crippen LogP contribution < -0.4 is 10.6 Å². The number of carbonyl (C=O) groups is 1. The minimum atomic E-state index is -0.0963. The number of unbranched alkanes of at least 4 members (excludes halogenated alkanes) is 2. The Morgan fingerprint density at radius 1 is 1.25 bits per heavy atom. The average molecular weight is 278 g/mol. The van der Waals surface area contributed by atoms with Gasteiger partial charge in [-0.3, -0.25) is 4.79 Å². The van der Waals surface area contributed by atoms with Crippen LogP contribution in [0.1, 0.15) is 36.7 Å². The Morgan fingerprint density at radius 3 is 2.65 bits per heavy atom. The summed E-state index contributed by atoms with van der Waals surface area (Å²) < 4.78 is 0. The molecule has 1 amide bonds. The molecule has 2 N–H and O–H groups in total. The quantitative estimate of drug-likeness (QED) is 0.678. The van der Waals surface area contributed by atoms with Gasteiger partial charge in [0.2, 0.25) is 0 Å². The number of amides is 1. The molecule has 5 heteroatoms. The first kappa shape index (κ1) is 16.4. The molecule has 1 heterocycles. The second-order valence-electron chi connectivity index (χ2n) is 5.13. The number of carbonyl (C=O) groups excluding carboxylic acids is 1. The van der Waals surface area contributed by atoms with Crippen LogP contribution in [0.5, 0.6) is 0 Å². The van der Waals surface area contributed by atoms with E-state index < -0.39 is 0 Å². The molecule has 0 aliphatic heterocycles. The lowest BCUT2D eigenvalue weighted by atomic mass is 10.2. The Hall–Kier alpha value is -1.62. The van der Waals surface area contributed by atoms with Gasteiger partial charge in [0.1, 0.15) is 5.69 Å². The van der Waals surface area contributed by atoms with Crippen LogP contribution in [-0.4, -0.2) is 49.5 Å². The molecule has 1 aromatic heterocycles. The topological polar surface area (TPSA) is 57.3 Å². The molecule has 1 rings (SSSR count). The number of nitrogens with one attached hydrogen (secondary N) is 2. The molecule has 0 aliphatic carbocycles. The van der Waals surface area contributed by atoms with Gasteiger partial charge in [-0.05, 0) is 32.6 Å². The molecule has 5 nitrogen and oxygen atoms in total. The molecule has 0 bridgehead atoms. The van der Waals surface area contributed by atoms with Crippen molar-refractivity contribution in [3.05, 3.63) is 24.0 Å². The van der Waals surface area contributed by atoms with E-state index in [-0.39, 0.29) is 5.91 Å². The van der Waals surface area contributed by atoms with Crippen LogP contribution in [0.25, 0.3) is 0 Å². The number of likely N-dealkylation sites (N-methyl/N-ethyl adjacent to an activating group) is 1. The van der Waals surface area contributed by atoms with Crippen LogP contribution in [0.3, 0.4) is 0 Å². The Kier molecular flexibility index (Phi) is 7.65. The fourth-order valence-electron chi connectivity index (χ4n) is 1.72. The molecular formula is C15H26N4O. The fourth-order valence-corrected chi connectivity index (χ4v) is 1.72. The molecule has 0 aliphatic rings. The monoisotopic (exact) mass is 278 g/mol. The molecule has 112 valence electrons. The third-order valence-electron chi connectivity index (χ3n) is 2.95. The zero-order chi connectivity index (χ0) is 14.8. The first-order chi connectivity index (χ1) is 9.63. The number of nitrogens with zero attached hydrogens (tertiary/aromatic N) is 2. The van der Waals surface area contributed by atoms with Crippen LogP contribution in [-0.2, 0) is 0 Å². The molecule has 0 fully saturated rings. The summed E-state index contributed by atoms with van der Waals surface area (Å²) in [6, 6.07) is 3.65. The van der Waals surface area contributed by atoms with Gasteiger partial charge in [-0.2, -0.15) is 0 Å². The van der Waals surface area contributed by atoms with Gasteiger partial charge in [0, 0.05) is 19.6 Å². The largest absolute Gasteiger partial charge is 0.383 e. The number of hydrogen-bond acceptors (Lipinski definition) is 4. The average Bonchev–Trinajstić information content (AvgIpc) is 2.44. The number of pyridine rings is 1. The maximum atomic E-state index is 11.8. The van der Waals surface area contributed by atoms with E-state index in [9.17, 15) is 4.79 Å². The van der Waals surface area contributed by atoms with Gasteiger partial charge in [0.05, 0.1) is 11.9 Å². The van der Waals surface area contributed by atoms with E-state index in [0.29, 0.717) is 5.69 Å². The maximum Gasteiger partial charge on any atom is 0.269 e. The molecule has 0 atom stereocenters. The van der Waals surface area contributed by atoms with E-state index in [2.05, 4.69) is 27.4 Å². The van der Waals surface area contributed by atoms with Gasteiger partial charge >= 0.3 is 0 Å². The van der Waals surface area contributed by atoms with Crippen molar-refractivity contribution < 1.29 is 4.79 Å². The van der Waals surface area contributed by atoms with Crippen molar-refractivity contribution in [2.75, 3.05) is 39.0 Å². The van der Waals surface area contributed by atoms with Crippen molar-refractivity contribution in [3.8, 4) is 0 Å². The molecule has 0 radical (unpaired) electrons. The van der Waals surface area contributed by atoms with Crippen LogP contribution in [0.2, 0.25) is 0 Å². The number of rotatable bonds is 9. The molecule has 0 saturated heterocycles. The summed E-state index contributed by atoms with van der Waals surface area (Å²) in [7, 11) is 4.07. The number of anilines is 1. The van der Waals surface area contributed by atoms with E-state index in [0.717, 1.165) is 44.6 Å². The summed E-state index contributed by atoms with van der Waals surface area (Å²) >= 11 is 0. The molecule has 0 unspecified atom stereocenters. The van der Waals surface area contributed by atoms with Crippen LogP contribution >= 0.6 is 0 Å². The van der Waals surface area contributed by atoms with E-state index in [1.165, 1.54) is 0 Å². The van der Waals surface area contributed by atoms with Crippen molar-refractivity contribution in [2.24, 2.45) is 0 Å². The standard InChI is InChI=1S/C15H26N4O/c1-4-5-6-9-17-15(20)14-8-7-13(12-18-14)16-10-11-19(2)3/h7-8,12,16H,4-6,9-11H2,1-3H3,(H,17,20). The lowest BCUT2D eigenvalue weighted by Gasteiger charge is -2.11. The summed E-state index contributed by atoms with van der Waals surface area (Å²) in [5, 5.41) is 6.15. The first-order valence-corrected chi connectivity index (χ1v) is 7.26. The molecule has 0 spiro atoms. The zero-order valence-electron chi connectivity index (χ0n) is 12.8. The van der Waals surface area contributed by atoms with Gasteiger partial charge in [0.15, 0.2) is 0 Å². The third-order valence-corrected chi connectivity index (χ3v) is 2.95. The number of hydrogen-bond donors (Lipinski definition) is 2. The van der Waals surface area contributed by atoms with Crippen molar-refractivity contribution in [2.45, 2.75) is 26.2 Å². The summed E-state index contributed by atoms with van der Waals surface area (Å²) in [4.78, 5) is 18.1. The highest BCUT2D eigenvalue weighted by atomic mass is 16.1. The third kappa shape index (κ3) is 6.52. The highest BCUT2D eigenvalue weighted by molar-refractivity contribution is 5.92. The maximum absolute atomic E-state index is 11.8. The predicted octanol–water partition coefficient (Wildman–Crippen LogP) is 1.98. The van der Waals surface area contributed by atoms with E-state index in [1.54, 1.807) is 12.3 Å². The minimum absolute atomic E-state index is 0.0963. The van der Waals surface area contributed by atoms with Gasteiger partial charge in [-0.1, -0.05) is 19.8 Å². The van der Waals surface area contributed by atoms with Gasteiger partial charge in [-0.25, -0.2) is 4.98 Å². The summed E-state index contributed by atoms with van der Waals surface area (Å²) in [5.74, 6) is -0.0963. The second kappa shape index (κ2) is 9.31. The minimum Gasteiger partial charge on any atom is -0.383 e. The predicted molar refractivity (Wildman–Crippen MR) is 83.1 cm³/mol. The summed E-state index contributed by atoms with van der Waals surface area (Å²) in [6.45, 7) is 4.68. The zero-order valence-corrected chi connectivity index (χ0v) is 12.8. The highest BCUT2D eigenvalue weighted by Crippen LogP contribution is 2.05. The van der Waals surface area contributed by atoms with Crippen LogP contribution in [0.15, 0.2) is 18.3 Å². The number of aromatic nitrogens is 1. The lowest BCUT2D eigenvalue weighted by Crippen LogP contribution is -2.25. The molecular weight excluding hydrogens is 252 g/mol. The fraction of sp³-hybridized carbons (Fsp3) is 0.600. The van der Waals surface area contributed by atoms with E-state index in [4.69, 9.17) is 0 Å². The second-order valence-corrected chi connectivity index (χ2v) is 5.13. The van der Waals surface area contributed by atoms with Crippen molar-refractivity contribution in [1.29, 1.82) is 0 Å². The Balaban J connectivity index is 2.35. The van der Waals surface area contributed by atoms with Gasteiger partial charge in [0.25, 0.3) is 5.91 Å². The van der Waals surface area contributed by atoms with Crippen LogP contribution in [0.4, 0.5) is 5.69 Å². The summed E-state index contributed by atoms with van der Waals surface area (Å²) in [5.41, 5.74) is 1.41. The molecule has 0 saturated carbocycles. The van der Waals surface area contributed by atoms with Crippen molar-refractivity contribution >= 4 is 11.6 Å². The Morgan fingerprint density at radius 2 is 2.05 bits per heavy atom. The molecule has 0 aromatic carbocycles. The first-order valence-electron chi connectivity index (χ1n) is 7.26. The van der Waals surface area contributed by atoms with Crippen LogP contribution in [0, 0.1) is 0 Å². The Labute approximate surface area is 121 Å². The van der Waals surface area contributed by atoms with Crippen molar-refractivity contribution in [1.82, 2.24) is 15.2 Å². The van der Waals surface area contributed by atoms with E-state index >= 15 is 0 Å². The molecule has 1 aromatic rings. The van der Waals surface area contributed by atoms with E-state index in [1.807, 2.05) is 20.2 Å². The lowest BCUT2D eigenvalue weighted by molar-refractivity contribution is 0.0948. The smallest absolute Gasteiger partial charge is 0.269 e. The SMILES string of the molecule is CCCCCNC(=O)c1ccc(NCCN(C)C)cn1. The highest BCUT2D eigenvalue weighted by Gasteiger charge is 2.05.